The van der Waals surface area contributed by atoms with Gasteiger partial charge in [0, 0.05) is 15.8 Å². The number of aryl methyl sites for hydroxylation is 1. The SMILES string of the molecule is Cc1sc2ncn(CC(=O)N=Nc3c(O)n(Cc4ccccc4)c4ccccc34)c(=O)c2c1-c1ccccc1. The van der Waals surface area contributed by atoms with Crippen LogP contribution in [-0.4, -0.2) is 25.1 Å². The van der Waals surface area contributed by atoms with Crippen molar-refractivity contribution in [3.8, 4) is 17.0 Å². The lowest BCUT2D eigenvalue weighted by Crippen LogP contribution is -2.23. The van der Waals surface area contributed by atoms with Crippen molar-refractivity contribution >= 4 is 44.1 Å². The Morgan fingerprint density at radius 2 is 1.67 bits per heavy atom. The summed E-state index contributed by atoms with van der Waals surface area (Å²) in [6.45, 7) is 2.07. The molecule has 0 saturated carbocycles. The number of aromatic hydroxyl groups is 1. The van der Waals surface area contributed by atoms with Crippen molar-refractivity contribution in [2.45, 2.75) is 20.0 Å². The van der Waals surface area contributed by atoms with Gasteiger partial charge in [0.2, 0.25) is 5.88 Å². The molecule has 0 radical (unpaired) electrons. The average molecular weight is 534 g/mol. The van der Waals surface area contributed by atoms with E-state index in [1.807, 2.05) is 91.9 Å². The highest BCUT2D eigenvalue weighted by Gasteiger charge is 2.19. The van der Waals surface area contributed by atoms with E-state index < -0.39 is 5.91 Å². The van der Waals surface area contributed by atoms with Crippen LogP contribution in [0.2, 0.25) is 0 Å². The van der Waals surface area contributed by atoms with Crippen molar-refractivity contribution in [1.29, 1.82) is 0 Å². The van der Waals surface area contributed by atoms with Gasteiger partial charge >= 0.3 is 0 Å². The Bertz CT molecular complexity index is 1920. The summed E-state index contributed by atoms with van der Waals surface area (Å²) in [4.78, 5) is 32.3. The Morgan fingerprint density at radius 1 is 0.974 bits per heavy atom. The van der Waals surface area contributed by atoms with E-state index in [0.717, 1.165) is 27.1 Å². The Kier molecular flexibility index (Phi) is 6.34. The maximum atomic E-state index is 13.4. The molecule has 0 aliphatic heterocycles. The van der Waals surface area contributed by atoms with Crippen LogP contribution >= 0.6 is 11.3 Å². The predicted molar refractivity (Wildman–Crippen MR) is 153 cm³/mol. The van der Waals surface area contributed by atoms with Crippen molar-refractivity contribution in [3.05, 3.63) is 112 Å². The molecule has 3 aromatic heterocycles. The zero-order valence-electron chi connectivity index (χ0n) is 21.0. The number of benzene rings is 3. The molecular formula is C30H23N5O3S. The zero-order valence-corrected chi connectivity index (χ0v) is 21.8. The number of para-hydroxylation sites is 1. The van der Waals surface area contributed by atoms with Gasteiger partial charge in [-0.25, -0.2) is 4.98 Å². The highest BCUT2D eigenvalue weighted by molar-refractivity contribution is 7.19. The van der Waals surface area contributed by atoms with Crippen LogP contribution in [0.1, 0.15) is 10.4 Å². The molecule has 0 atom stereocenters. The molecule has 3 heterocycles. The summed E-state index contributed by atoms with van der Waals surface area (Å²) in [5.74, 6) is -0.719. The van der Waals surface area contributed by atoms with Crippen LogP contribution in [-0.2, 0) is 17.9 Å². The Labute approximate surface area is 227 Å². The normalized spacial score (nSPS) is 11.6. The Balaban J connectivity index is 1.32. The molecule has 39 heavy (non-hydrogen) atoms. The summed E-state index contributed by atoms with van der Waals surface area (Å²) < 4.78 is 2.98. The number of hydrogen-bond donors (Lipinski definition) is 1. The average Bonchev–Trinajstić information content (AvgIpc) is 3.43. The number of nitrogens with zero attached hydrogens (tertiary/aromatic N) is 5. The molecule has 0 fully saturated rings. The van der Waals surface area contributed by atoms with Gasteiger partial charge in [-0.1, -0.05) is 78.9 Å². The predicted octanol–water partition coefficient (Wildman–Crippen LogP) is 6.45. The van der Waals surface area contributed by atoms with Crippen molar-refractivity contribution in [1.82, 2.24) is 14.1 Å². The number of carbonyl (C=O) groups is 1. The summed E-state index contributed by atoms with van der Waals surface area (Å²) >= 11 is 1.45. The topological polar surface area (TPSA) is 102 Å². The fourth-order valence-corrected chi connectivity index (χ4v) is 5.79. The fourth-order valence-electron chi connectivity index (χ4n) is 4.78. The van der Waals surface area contributed by atoms with Gasteiger partial charge in [0.25, 0.3) is 11.5 Å². The third-order valence-electron chi connectivity index (χ3n) is 6.59. The Morgan fingerprint density at radius 3 is 2.44 bits per heavy atom. The third kappa shape index (κ3) is 4.53. The first-order chi connectivity index (χ1) is 19.0. The van der Waals surface area contributed by atoms with Gasteiger partial charge in [-0.05, 0) is 24.1 Å². The van der Waals surface area contributed by atoms with Crippen molar-refractivity contribution in [2.24, 2.45) is 10.2 Å². The number of fused-ring (bicyclic) bond motifs is 2. The molecular weight excluding hydrogens is 510 g/mol. The number of carbonyl (C=O) groups excluding carboxylic acids is 1. The summed E-state index contributed by atoms with van der Waals surface area (Å²) in [6, 6.07) is 26.8. The summed E-state index contributed by atoms with van der Waals surface area (Å²) in [5.41, 5.74) is 3.42. The van der Waals surface area contributed by atoms with Crippen LogP contribution in [0.4, 0.5) is 5.69 Å². The third-order valence-corrected chi connectivity index (χ3v) is 7.60. The highest BCUT2D eigenvalue weighted by atomic mass is 32.1. The quantitative estimate of drug-likeness (QED) is 0.249. The number of rotatable bonds is 6. The van der Waals surface area contributed by atoms with Crippen LogP contribution in [0.5, 0.6) is 5.88 Å². The molecule has 0 unspecified atom stereocenters. The van der Waals surface area contributed by atoms with Gasteiger partial charge in [0.1, 0.15) is 11.4 Å². The standard InChI is InChI=1S/C30H23N5O3S/c1-19-25(21-12-6-3-7-13-21)26-28(39-19)31-18-34(29(26)37)17-24(36)32-33-27-22-14-8-9-15-23(22)35(30(27)38)16-20-10-4-2-5-11-20/h2-15,18,38H,16-17H2,1H3. The monoisotopic (exact) mass is 533 g/mol. The molecule has 0 aliphatic rings. The maximum absolute atomic E-state index is 13.4. The maximum Gasteiger partial charge on any atom is 0.284 e. The second kappa shape index (κ2) is 10.1. The first kappa shape index (κ1) is 24.4. The molecule has 0 bridgehead atoms. The fraction of sp³-hybridized carbons (Fsp3) is 0.100. The van der Waals surface area contributed by atoms with E-state index in [2.05, 4.69) is 15.2 Å². The smallest absolute Gasteiger partial charge is 0.284 e. The first-order valence-electron chi connectivity index (χ1n) is 12.3. The largest absolute Gasteiger partial charge is 0.493 e. The number of amides is 1. The van der Waals surface area contributed by atoms with E-state index in [-0.39, 0.29) is 23.7 Å². The molecule has 9 heteroatoms. The first-order valence-corrected chi connectivity index (χ1v) is 13.2. The molecule has 6 rings (SSSR count). The van der Waals surface area contributed by atoms with E-state index in [1.165, 1.54) is 22.2 Å². The molecule has 192 valence electrons. The molecule has 8 nitrogen and oxygen atoms in total. The van der Waals surface area contributed by atoms with Gasteiger partial charge in [0.05, 0.1) is 23.8 Å². The minimum Gasteiger partial charge on any atom is -0.493 e. The molecule has 1 N–H and O–H groups in total. The second-order valence-electron chi connectivity index (χ2n) is 9.11. The summed E-state index contributed by atoms with van der Waals surface area (Å²) in [6.07, 6.45) is 1.37. The minimum atomic E-state index is -0.634. The van der Waals surface area contributed by atoms with Crippen LogP contribution in [0.25, 0.3) is 32.2 Å². The van der Waals surface area contributed by atoms with Crippen LogP contribution < -0.4 is 5.56 Å². The number of aromatic nitrogens is 3. The lowest BCUT2D eigenvalue weighted by molar-refractivity contribution is -0.118. The van der Waals surface area contributed by atoms with E-state index in [4.69, 9.17) is 0 Å². The van der Waals surface area contributed by atoms with E-state index in [1.54, 1.807) is 4.57 Å². The van der Waals surface area contributed by atoms with Gasteiger partial charge in [-0.2, -0.15) is 0 Å². The van der Waals surface area contributed by atoms with Gasteiger partial charge < -0.3 is 9.67 Å². The number of thiophene rings is 1. The van der Waals surface area contributed by atoms with Gasteiger partial charge in [0.15, 0.2) is 5.69 Å². The molecule has 0 spiro atoms. The van der Waals surface area contributed by atoms with E-state index >= 15 is 0 Å². The molecule has 3 aromatic carbocycles. The summed E-state index contributed by atoms with van der Waals surface area (Å²) in [5, 5.41) is 20.1. The van der Waals surface area contributed by atoms with Crippen LogP contribution in [0.15, 0.2) is 106 Å². The van der Waals surface area contributed by atoms with Crippen molar-refractivity contribution < 1.29 is 9.90 Å². The lowest BCUT2D eigenvalue weighted by atomic mass is 10.0. The van der Waals surface area contributed by atoms with Gasteiger partial charge in [-0.15, -0.1) is 21.6 Å². The van der Waals surface area contributed by atoms with E-state index in [9.17, 15) is 14.7 Å². The minimum absolute atomic E-state index is 0.0851. The highest BCUT2D eigenvalue weighted by Crippen LogP contribution is 2.39. The van der Waals surface area contributed by atoms with Crippen molar-refractivity contribution in [2.75, 3.05) is 0 Å². The lowest BCUT2D eigenvalue weighted by Gasteiger charge is -2.06. The Hall–Kier alpha value is -4.89. The number of hydrogen-bond acceptors (Lipinski definition) is 6. The second-order valence-corrected chi connectivity index (χ2v) is 10.3. The molecule has 6 aromatic rings. The molecule has 0 saturated heterocycles. The zero-order chi connectivity index (χ0) is 26.9. The number of azo groups is 1. The van der Waals surface area contributed by atoms with Gasteiger partial charge in [-0.3, -0.25) is 14.2 Å². The van der Waals surface area contributed by atoms with E-state index in [0.29, 0.717) is 22.1 Å². The molecule has 1 amide bonds. The van der Waals surface area contributed by atoms with Crippen LogP contribution in [0, 0.1) is 6.92 Å². The molecule has 0 aliphatic carbocycles. The van der Waals surface area contributed by atoms with Crippen molar-refractivity contribution in [3.63, 3.8) is 0 Å². The van der Waals surface area contributed by atoms with Crippen LogP contribution in [0.3, 0.4) is 0 Å². The summed E-state index contributed by atoms with van der Waals surface area (Å²) in [7, 11) is 0.